The van der Waals surface area contributed by atoms with Gasteiger partial charge in [0.25, 0.3) is 5.69 Å². The molecule has 1 amide bonds. The maximum Gasteiger partial charge on any atom is 0.270 e. The topological polar surface area (TPSA) is 81.3 Å². The summed E-state index contributed by atoms with van der Waals surface area (Å²) in [5.74, 6) is 0.467. The first-order valence-corrected chi connectivity index (χ1v) is 9.36. The van der Waals surface area contributed by atoms with Crippen LogP contribution in [0.2, 0.25) is 0 Å². The molecular weight excluding hydrogens is 364 g/mol. The van der Waals surface area contributed by atoms with Gasteiger partial charge in [0.2, 0.25) is 5.91 Å². The van der Waals surface area contributed by atoms with E-state index in [1.807, 2.05) is 36.5 Å². The summed E-state index contributed by atoms with van der Waals surface area (Å²) in [7, 11) is 1.77. The number of nitrogens with zero attached hydrogens (tertiary/aromatic N) is 4. The first-order valence-electron chi connectivity index (χ1n) is 8.31. The molecule has 0 bridgehead atoms. The standard InChI is InChI=1S/C19H16N4O3S/c1-21-17(24)12-27-19(21)16-11-22(14-7-3-2-4-8-14)20-18(16)13-6-5-9-15(10-13)23(25)26/h2-11,19H,12H2,1H3/t19-/m0/s1. The fourth-order valence-corrected chi connectivity index (χ4v) is 4.26. The monoisotopic (exact) mass is 380 g/mol. The zero-order valence-corrected chi connectivity index (χ0v) is 15.3. The van der Waals surface area contributed by atoms with Crippen LogP contribution in [-0.4, -0.2) is 38.3 Å². The summed E-state index contributed by atoms with van der Waals surface area (Å²) in [6.07, 6.45) is 1.90. The molecule has 2 heterocycles. The summed E-state index contributed by atoms with van der Waals surface area (Å²) in [4.78, 5) is 24.5. The van der Waals surface area contributed by atoms with E-state index in [1.165, 1.54) is 23.9 Å². The number of thioether (sulfide) groups is 1. The fourth-order valence-electron chi connectivity index (χ4n) is 3.07. The van der Waals surface area contributed by atoms with E-state index in [0.717, 1.165) is 11.3 Å². The number of benzene rings is 2. The highest BCUT2D eigenvalue weighted by Gasteiger charge is 2.33. The molecule has 0 saturated carbocycles. The minimum Gasteiger partial charge on any atom is -0.329 e. The SMILES string of the molecule is CN1C(=O)CS[C@H]1c1cn(-c2ccccc2)nc1-c1cccc([N+](=O)[O-])c1. The maximum absolute atomic E-state index is 12.0. The van der Waals surface area contributed by atoms with Gasteiger partial charge in [-0.05, 0) is 12.1 Å². The summed E-state index contributed by atoms with van der Waals surface area (Å²) < 4.78 is 1.75. The van der Waals surface area contributed by atoms with Crippen molar-refractivity contribution in [2.24, 2.45) is 0 Å². The normalized spacial score (nSPS) is 16.7. The molecule has 1 aromatic heterocycles. The van der Waals surface area contributed by atoms with E-state index in [4.69, 9.17) is 5.10 Å². The van der Waals surface area contributed by atoms with Crippen LogP contribution in [0.5, 0.6) is 0 Å². The number of rotatable bonds is 4. The van der Waals surface area contributed by atoms with E-state index in [0.29, 0.717) is 17.0 Å². The number of nitro groups is 1. The highest BCUT2D eigenvalue weighted by atomic mass is 32.2. The molecule has 1 aliphatic rings. The number of carbonyl (C=O) groups excluding carboxylic acids is 1. The molecule has 136 valence electrons. The van der Waals surface area contributed by atoms with Crippen LogP contribution in [0.25, 0.3) is 16.9 Å². The Kier molecular flexibility index (Phi) is 4.41. The number of aromatic nitrogens is 2. The van der Waals surface area contributed by atoms with E-state index in [-0.39, 0.29) is 17.0 Å². The van der Waals surface area contributed by atoms with Crippen molar-refractivity contribution < 1.29 is 9.72 Å². The minimum absolute atomic E-state index is 0.0104. The predicted octanol–water partition coefficient (Wildman–Crippen LogP) is 3.65. The largest absolute Gasteiger partial charge is 0.329 e. The van der Waals surface area contributed by atoms with Crippen molar-refractivity contribution in [3.8, 4) is 16.9 Å². The molecule has 3 aromatic rings. The molecule has 0 unspecified atom stereocenters. The smallest absolute Gasteiger partial charge is 0.270 e. The number of non-ortho nitro benzene ring substituents is 1. The molecule has 0 aliphatic carbocycles. The van der Waals surface area contributed by atoms with E-state index in [1.54, 1.807) is 28.8 Å². The lowest BCUT2D eigenvalue weighted by atomic mass is 10.1. The average Bonchev–Trinajstić information content (AvgIpc) is 3.27. The molecule has 1 fully saturated rings. The summed E-state index contributed by atoms with van der Waals surface area (Å²) in [5.41, 5.74) is 3.05. The van der Waals surface area contributed by atoms with Gasteiger partial charge in [0.15, 0.2) is 0 Å². The number of amides is 1. The molecule has 27 heavy (non-hydrogen) atoms. The third kappa shape index (κ3) is 3.19. The molecule has 2 aromatic carbocycles. The summed E-state index contributed by atoms with van der Waals surface area (Å²) in [5, 5.41) is 15.7. The van der Waals surface area contributed by atoms with Crippen molar-refractivity contribution in [1.29, 1.82) is 0 Å². The molecule has 1 saturated heterocycles. The van der Waals surface area contributed by atoms with Gasteiger partial charge in [0.05, 0.1) is 22.1 Å². The van der Waals surface area contributed by atoms with Crippen LogP contribution in [0.15, 0.2) is 60.8 Å². The minimum atomic E-state index is -0.419. The van der Waals surface area contributed by atoms with Crippen LogP contribution in [0.3, 0.4) is 0 Å². The van der Waals surface area contributed by atoms with Crippen molar-refractivity contribution in [3.63, 3.8) is 0 Å². The van der Waals surface area contributed by atoms with Crippen molar-refractivity contribution in [2.45, 2.75) is 5.37 Å². The van der Waals surface area contributed by atoms with E-state index in [9.17, 15) is 14.9 Å². The van der Waals surface area contributed by atoms with Crippen molar-refractivity contribution >= 4 is 23.4 Å². The number of hydrogen-bond donors (Lipinski definition) is 0. The molecule has 0 spiro atoms. The summed E-state index contributed by atoms with van der Waals surface area (Å²) in [6.45, 7) is 0. The lowest BCUT2D eigenvalue weighted by molar-refractivity contribution is -0.384. The zero-order chi connectivity index (χ0) is 19.0. The average molecular weight is 380 g/mol. The Hall–Kier alpha value is -3.13. The fraction of sp³-hybridized carbons (Fsp3) is 0.158. The Labute approximate surface area is 159 Å². The number of hydrogen-bond acceptors (Lipinski definition) is 5. The second-order valence-corrected chi connectivity index (χ2v) is 7.26. The van der Waals surface area contributed by atoms with E-state index >= 15 is 0 Å². The molecule has 1 aliphatic heterocycles. The first-order chi connectivity index (χ1) is 13.0. The molecule has 0 N–H and O–H groups in total. The van der Waals surface area contributed by atoms with Gasteiger partial charge >= 0.3 is 0 Å². The molecule has 4 rings (SSSR count). The van der Waals surface area contributed by atoms with Crippen molar-refractivity contribution in [2.75, 3.05) is 12.8 Å². The summed E-state index contributed by atoms with van der Waals surface area (Å²) in [6, 6.07) is 16.1. The lowest BCUT2D eigenvalue weighted by Gasteiger charge is -2.18. The van der Waals surface area contributed by atoms with Crippen LogP contribution >= 0.6 is 11.8 Å². The van der Waals surface area contributed by atoms with Crippen LogP contribution in [0, 0.1) is 10.1 Å². The molecular formula is C19H16N4O3S. The van der Waals surface area contributed by atoms with Crippen LogP contribution < -0.4 is 0 Å². The summed E-state index contributed by atoms with van der Waals surface area (Å²) >= 11 is 1.53. The Balaban J connectivity index is 1.86. The van der Waals surface area contributed by atoms with Gasteiger partial charge in [0, 0.05) is 36.5 Å². The molecule has 0 radical (unpaired) electrons. The number of carbonyl (C=O) groups is 1. The van der Waals surface area contributed by atoms with Gasteiger partial charge < -0.3 is 4.90 Å². The van der Waals surface area contributed by atoms with Gasteiger partial charge in [-0.2, -0.15) is 5.10 Å². The van der Waals surface area contributed by atoms with E-state index in [2.05, 4.69) is 0 Å². The van der Waals surface area contributed by atoms with Gasteiger partial charge in [-0.3, -0.25) is 14.9 Å². The molecule has 7 nitrogen and oxygen atoms in total. The number of para-hydroxylation sites is 1. The zero-order valence-electron chi connectivity index (χ0n) is 14.5. The molecule has 8 heteroatoms. The van der Waals surface area contributed by atoms with Gasteiger partial charge in [0.1, 0.15) is 5.37 Å². The van der Waals surface area contributed by atoms with Gasteiger partial charge in [-0.1, -0.05) is 30.3 Å². The van der Waals surface area contributed by atoms with Crippen molar-refractivity contribution in [3.05, 3.63) is 76.5 Å². The second-order valence-electron chi connectivity index (χ2n) is 6.19. The first kappa shape index (κ1) is 17.3. The van der Waals surface area contributed by atoms with Gasteiger partial charge in [-0.25, -0.2) is 4.68 Å². The predicted molar refractivity (Wildman–Crippen MR) is 104 cm³/mol. The van der Waals surface area contributed by atoms with Crippen LogP contribution in [-0.2, 0) is 4.79 Å². The highest BCUT2D eigenvalue weighted by Crippen LogP contribution is 2.42. The third-order valence-corrected chi connectivity index (χ3v) is 5.77. The quantitative estimate of drug-likeness (QED) is 0.510. The number of nitro benzene ring substituents is 1. The van der Waals surface area contributed by atoms with E-state index < -0.39 is 4.92 Å². The Bertz CT molecular complexity index is 1020. The Morgan fingerprint density at radius 1 is 1.19 bits per heavy atom. The van der Waals surface area contributed by atoms with Gasteiger partial charge in [-0.15, -0.1) is 11.8 Å². The van der Waals surface area contributed by atoms with Crippen molar-refractivity contribution in [1.82, 2.24) is 14.7 Å². The van der Waals surface area contributed by atoms with Crippen LogP contribution in [0.4, 0.5) is 5.69 Å². The Morgan fingerprint density at radius 2 is 1.96 bits per heavy atom. The second kappa shape index (κ2) is 6.88. The molecule has 1 atom stereocenters. The Morgan fingerprint density at radius 3 is 2.63 bits per heavy atom. The highest BCUT2D eigenvalue weighted by molar-refractivity contribution is 8.00. The van der Waals surface area contributed by atoms with Crippen LogP contribution in [0.1, 0.15) is 10.9 Å². The lowest BCUT2D eigenvalue weighted by Crippen LogP contribution is -2.23. The maximum atomic E-state index is 12.0. The third-order valence-electron chi connectivity index (χ3n) is 4.47.